The predicted molar refractivity (Wildman–Crippen MR) is 123 cm³/mol. The number of hydrogen-bond acceptors (Lipinski definition) is 5. The molecule has 1 amide bonds. The summed E-state index contributed by atoms with van der Waals surface area (Å²) in [6.45, 7) is 7.71. The Morgan fingerprint density at radius 1 is 1.13 bits per heavy atom. The minimum atomic E-state index is -0.107. The van der Waals surface area contributed by atoms with Gasteiger partial charge < -0.3 is 15.4 Å². The highest BCUT2D eigenvalue weighted by Gasteiger charge is 2.28. The second-order valence-corrected chi connectivity index (χ2v) is 7.85. The molecule has 2 aromatic carbocycles. The highest BCUT2D eigenvalue weighted by atomic mass is 35.5. The first kappa shape index (κ1) is 22.6. The van der Waals surface area contributed by atoms with Gasteiger partial charge in [0, 0.05) is 63.1 Å². The quantitative estimate of drug-likeness (QED) is 0.738. The van der Waals surface area contributed by atoms with Crippen LogP contribution in [0.1, 0.15) is 22.3 Å². The Bertz CT molecular complexity index is 824. The molecule has 1 unspecified atom stereocenters. The number of halogens is 1. The number of amides is 1. The van der Waals surface area contributed by atoms with E-state index in [4.69, 9.17) is 4.74 Å². The third-order valence-electron chi connectivity index (χ3n) is 5.86. The van der Waals surface area contributed by atoms with Crippen LogP contribution in [0.5, 0.6) is 5.75 Å². The number of likely N-dealkylation sites (tertiary alicyclic amines) is 1. The number of ether oxygens (including phenoxy) is 1. The van der Waals surface area contributed by atoms with Crippen LogP contribution in [0.3, 0.4) is 0 Å². The molecule has 0 aliphatic carbocycles. The van der Waals surface area contributed by atoms with E-state index in [-0.39, 0.29) is 18.3 Å². The van der Waals surface area contributed by atoms with Crippen LogP contribution in [0, 0.1) is 0 Å². The zero-order chi connectivity index (χ0) is 20.1. The lowest BCUT2D eigenvalue weighted by Gasteiger charge is -2.32. The molecule has 2 aliphatic rings. The molecule has 2 saturated heterocycles. The van der Waals surface area contributed by atoms with Gasteiger partial charge >= 0.3 is 0 Å². The van der Waals surface area contributed by atoms with E-state index >= 15 is 0 Å². The SMILES string of the molecule is COc1ccc(C(=O)Nc2cccc(CN3CCC(N4CCNCC4)C3)c2)cc1.Cl. The van der Waals surface area contributed by atoms with Gasteiger partial charge in [-0.3, -0.25) is 14.6 Å². The molecule has 2 N–H and O–H groups in total. The number of rotatable bonds is 6. The standard InChI is InChI=1S/C23H30N4O2.ClH/c1-29-22-7-5-19(6-8-22)23(28)25-20-4-2-3-18(15-20)16-26-12-9-21(17-26)27-13-10-24-11-14-27;/h2-8,15,21,24H,9-14,16-17H2,1H3,(H,25,28);1H. The summed E-state index contributed by atoms with van der Waals surface area (Å²) < 4.78 is 5.15. The maximum absolute atomic E-state index is 12.5. The summed E-state index contributed by atoms with van der Waals surface area (Å²) in [5, 5.41) is 6.44. The molecule has 7 heteroatoms. The molecule has 0 spiro atoms. The van der Waals surface area contributed by atoms with Gasteiger partial charge in [0.05, 0.1) is 7.11 Å². The molecule has 1 atom stereocenters. The number of piperazine rings is 1. The number of methoxy groups -OCH3 is 1. The van der Waals surface area contributed by atoms with Crippen molar-refractivity contribution < 1.29 is 9.53 Å². The Labute approximate surface area is 185 Å². The minimum Gasteiger partial charge on any atom is -0.497 e. The topological polar surface area (TPSA) is 56.8 Å². The zero-order valence-electron chi connectivity index (χ0n) is 17.5. The first-order valence-electron chi connectivity index (χ1n) is 10.4. The largest absolute Gasteiger partial charge is 0.497 e. The second-order valence-electron chi connectivity index (χ2n) is 7.85. The average molecular weight is 431 g/mol. The molecule has 2 fully saturated rings. The molecule has 4 rings (SSSR count). The molecular formula is C23H31ClN4O2. The van der Waals surface area contributed by atoms with E-state index in [1.165, 1.54) is 12.0 Å². The van der Waals surface area contributed by atoms with Crippen molar-refractivity contribution in [1.29, 1.82) is 0 Å². The summed E-state index contributed by atoms with van der Waals surface area (Å²) in [6.07, 6.45) is 1.24. The van der Waals surface area contributed by atoms with E-state index in [9.17, 15) is 4.79 Å². The Morgan fingerprint density at radius 3 is 2.63 bits per heavy atom. The van der Waals surface area contributed by atoms with Crippen LogP contribution in [0.25, 0.3) is 0 Å². The van der Waals surface area contributed by atoms with E-state index in [1.807, 2.05) is 12.1 Å². The number of carbonyl (C=O) groups is 1. The molecular weight excluding hydrogens is 400 g/mol. The second kappa shape index (κ2) is 10.8. The van der Waals surface area contributed by atoms with Crippen LogP contribution in [-0.4, -0.2) is 68.1 Å². The lowest BCUT2D eigenvalue weighted by molar-refractivity contribution is 0.102. The summed E-state index contributed by atoms with van der Waals surface area (Å²) in [6, 6.07) is 16.0. The van der Waals surface area contributed by atoms with E-state index < -0.39 is 0 Å². The van der Waals surface area contributed by atoms with Gasteiger partial charge in [0.1, 0.15) is 5.75 Å². The minimum absolute atomic E-state index is 0. The van der Waals surface area contributed by atoms with Crippen LogP contribution in [0.15, 0.2) is 48.5 Å². The Kier molecular flexibility index (Phi) is 8.10. The van der Waals surface area contributed by atoms with Crippen molar-refractivity contribution in [3.05, 3.63) is 59.7 Å². The summed E-state index contributed by atoms with van der Waals surface area (Å²) >= 11 is 0. The van der Waals surface area contributed by atoms with Crippen molar-refractivity contribution in [2.45, 2.75) is 19.0 Å². The third-order valence-corrected chi connectivity index (χ3v) is 5.86. The Morgan fingerprint density at radius 2 is 1.90 bits per heavy atom. The predicted octanol–water partition coefficient (Wildman–Crippen LogP) is 2.85. The number of carbonyl (C=O) groups excluding carboxylic acids is 1. The third kappa shape index (κ3) is 5.73. The average Bonchev–Trinajstić information content (AvgIpc) is 3.23. The van der Waals surface area contributed by atoms with Crippen molar-refractivity contribution in [2.24, 2.45) is 0 Å². The first-order valence-corrected chi connectivity index (χ1v) is 10.4. The van der Waals surface area contributed by atoms with Crippen molar-refractivity contribution in [1.82, 2.24) is 15.1 Å². The maximum Gasteiger partial charge on any atom is 0.255 e. The van der Waals surface area contributed by atoms with Crippen molar-refractivity contribution in [3.8, 4) is 5.75 Å². The number of nitrogens with zero attached hydrogens (tertiary/aromatic N) is 2. The molecule has 2 aliphatic heterocycles. The molecule has 0 aromatic heterocycles. The fourth-order valence-electron chi connectivity index (χ4n) is 4.25. The lowest BCUT2D eigenvalue weighted by atomic mass is 10.1. The highest BCUT2D eigenvalue weighted by Crippen LogP contribution is 2.20. The lowest BCUT2D eigenvalue weighted by Crippen LogP contribution is -2.49. The van der Waals surface area contributed by atoms with Gasteiger partial charge in [-0.05, 0) is 48.4 Å². The van der Waals surface area contributed by atoms with Gasteiger partial charge in [-0.1, -0.05) is 12.1 Å². The van der Waals surface area contributed by atoms with E-state index in [0.29, 0.717) is 11.6 Å². The molecule has 0 bridgehead atoms. The first-order chi connectivity index (χ1) is 14.2. The number of benzene rings is 2. The Hall–Kier alpha value is -2.12. The fraction of sp³-hybridized carbons (Fsp3) is 0.435. The molecule has 6 nitrogen and oxygen atoms in total. The van der Waals surface area contributed by atoms with Crippen molar-refractivity contribution >= 4 is 24.0 Å². The fourth-order valence-corrected chi connectivity index (χ4v) is 4.25. The van der Waals surface area contributed by atoms with Crippen LogP contribution in [0.4, 0.5) is 5.69 Å². The van der Waals surface area contributed by atoms with E-state index in [2.05, 4.69) is 32.6 Å². The normalized spacial score (nSPS) is 19.8. The van der Waals surface area contributed by atoms with Crippen LogP contribution >= 0.6 is 12.4 Å². The van der Waals surface area contributed by atoms with Gasteiger partial charge in [-0.15, -0.1) is 12.4 Å². The van der Waals surface area contributed by atoms with Gasteiger partial charge in [-0.25, -0.2) is 0 Å². The van der Waals surface area contributed by atoms with Crippen molar-refractivity contribution in [2.75, 3.05) is 51.7 Å². The highest BCUT2D eigenvalue weighted by molar-refractivity contribution is 6.04. The number of anilines is 1. The van der Waals surface area contributed by atoms with E-state index in [1.54, 1.807) is 31.4 Å². The maximum atomic E-state index is 12.5. The Balaban J connectivity index is 0.00000256. The summed E-state index contributed by atoms with van der Waals surface area (Å²) in [5.74, 6) is 0.637. The summed E-state index contributed by atoms with van der Waals surface area (Å²) in [4.78, 5) is 17.7. The molecule has 2 aromatic rings. The van der Waals surface area contributed by atoms with Gasteiger partial charge in [-0.2, -0.15) is 0 Å². The summed E-state index contributed by atoms with van der Waals surface area (Å²) in [5.41, 5.74) is 2.69. The number of hydrogen-bond donors (Lipinski definition) is 2. The van der Waals surface area contributed by atoms with Crippen molar-refractivity contribution in [3.63, 3.8) is 0 Å². The van der Waals surface area contributed by atoms with Crippen LogP contribution in [0.2, 0.25) is 0 Å². The summed E-state index contributed by atoms with van der Waals surface area (Å²) in [7, 11) is 1.62. The van der Waals surface area contributed by atoms with Gasteiger partial charge in [0.2, 0.25) is 0 Å². The molecule has 30 heavy (non-hydrogen) atoms. The molecule has 0 saturated carbocycles. The van der Waals surface area contributed by atoms with Gasteiger partial charge in [0.25, 0.3) is 5.91 Å². The van der Waals surface area contributed by atoms with Crippen LogP contribution < -0.4 is 15.4 Å². The zero-order valence-corrected chi connectivity index (χ0v) is 18.3. The molecule has 0 radical (unpaired) electrons. The van der Waals surface area contributed by atoms with E-state index in [0.717, 1.165) is 57.3 Å². The molecule has 2 heterocycles. The smallest absolute Gasteiger partial charge is 0.255 e. The molecule has 162 valence electrons. The number of nitrogens with one attached hydrogen (secondary N) is 2. The van der Waals surface area contributed by atoms with Crippen LogP contribution in [-0.2, 0) is 6.54 Å². The van der Waals surface area contributed by atoms with Gasteiger partial charge in [0.15, 0.2) is 0 Å². The monoisotopic (exact) mass is 430 g/mol.